The van der Waals surface area contributed by atoms with Crippen molar-refractivity contribution in [3.8, 4) is 5.75 Å². The first kappa shape index (κ1) is 24.9. The molecule has 0 atom stereocenters. The van der Waals surface area contributed by atoms with Gasteiger partial charge in [-0.3, -0.25) is 14.9 Å². The first-order valence-corrected chi connectivity index (χ1v) is 11.4. The van der Waals surface area contributed by atoms with Crippen LogP contribution in [0.3, 0.4) is 0 Å². The minimum Gasteiger partial charge on any atom is -0.494 e. The van der Waals surface area contributed by atoms with Crippen molar-refractivity contribution >= 4 is 17.3 Å². The summed E-state index contributed by atoms with van der Waals surface area (Å²) in [5.74, 6) is 0.180. The SMILES string of the molecule is CCCCOc1cccc(CCN(C(=O)Cc2ccc(C)c([N+](=O)[O-])c2)c2ccc(F)cc2)c1. The quantitative estimate of drug-likeness (QED) is 0.197. The lowest BCUT2D eigenvalue weighted by atomic mass is 10.1. The Balaban J connectivity index is 1.77. The number of rotatable bonds is 11. The van der Waals surface area contributed by atoms with Crippen LogP contribution in [0.1, 0.15) is 36.5 Å². The average Bonchev–Trinajstić information content (AvgIpc) is 2.82. The standard InChI is InChI=1S/C27H29FN2O4/c1-3-4-16-34-25-7-5-6-21(17-25)14-15-29(24-12-10-23(28)11-13-24)27(31)19-22-9-8-20(2)26(18-22)30(32)33/h5-13,17-18H,3-4,14-16,19H2,1-2H3. The maximum absolute atomic E-state index is 13.5. The van der Waals surface area contributed by atoms with E-state index >= 15 is 0 Å². The molecule has 0 aliphatic carbocycles. The van der Waals surface area contributed by atoms with Gasteiger partial charge in [0.15, 0.2) is 0 Å². The molecule has 3 aromatic carbocycles. The zero-order valence-electron chi connectivity index (χ0n) is 19.5. The number of hydrogen-bond donors (Lipinski definition) is 0. The lowest BCUT2D eigenvalue weighted by Crippen LogP contribution is -2.34. The highest BCUT2D eigenvalue weighted by molar-refractivity contribution is 5.94. The van der Waals surface area contributed by atoms with Crippen molar-refractivity contribution in [2.45, 2.75) is 39.5 Å². The number of amides is 1. The van der Waals surface area contributed by atoms with Crippen LogP contribution in [0.4, 0.5) is 15.8 Å². The summed E-state index contributed by atoms with van der Waals surface area (Å²) in [6.45, 7) is 4.80. The maximum atomic E-state index is 13.5. The molecule has 0 aliphatic rings. The van der Waals surface area contributed by atoms with E-state index in [-0.39, 0.29) is 23.8 Å². The first-order chi connectivity index (χ1) is 16.4. The van der Waals surface area contributed by atoms with Gasteiger partial charge in [0, 0.05) is 23.9 Å². The lowest BCUT2D eigenvalue weighted by molar-refractivity contribution is -0.385. The Hall–Kier alpha value is -3.74. The molecule has 178 valence electrons. The summed E-state index contributed by atoms with van der Waals surface area (Å²) < 4.78 is 19.3. The van der Waals surface area contributed by atoms with E-state index < -0.39 is 4.92 Å². The smallest absolute Gasteiger partial charge is 0.272 e. The van der Waals surface area contributed by atoms with Crippen molar-refractivity contribution in [1.82, 2.24) is 0 Å². The van der Waals surface area contributed by atoms with Gasteiger partial charge in [0.05, 0.1) is 18.0 Å². The van der Waals surface area contributed by atoms with Crippen LogP contribution >= 0.6 is 0 Å². The zero-order chi connectivity index (χ0) is 24.5. The molecule has 0 bridgehead atoms. The molecule has 0 fully saturated rings. The second-order valence-electron chi connectivity index (χ2n) is 8.18. The van der Waals surface area contributed by atoms with Crippen molar-refractivity contribution in [3.63, 3.8) is 0 Å². The Kier molecular flexibility index (Phi) is 8.73. The molecule has 3 aromatic rings. The fourth-order valence-electron chi connectivity index (χ4n) is 3.62. The molecule has 6 nitrogen and oxygen atoms in total. The van der Waals surface area contributed by atoms with Crippen LogP contribution in [0.2, 0.25) is 0 Å². The van der Waals surface area contributed by atoms with Crippen molar-refractivity contribution in [1.29, 1.82) is 0 Å². The number of nitro groups is 1. The number of nitrogens with zero attached hydrogens (tertiary/aromatic N) is 2. The number of unbranched alkanes of at least 4 members (excludes halogenated alkanes) is 1. The molecule has 0 N–H and O–H groups in total. The summed E-state index contributed by atoms with van der Waals surface area (Å²) in [5, 5.41) is 11.3. The molecule has 3 rings (SSSR count). The molecule has 7 heteroatoms. The Morgan fingerprint density at radius 1 is 1.06 bits per heavy atom. The highest BCUT2D eigenvalue weighted by atomic mass is 19.1. The molecule has 0 spiro atoms. The minimum atomic E-state index is -0.448. The minimum absolute atomic E-state index is 0.00132. The van der Waals surface area contributed by atoms with Crippen molar-refractivity contribution in [2.24, 2.45) is 0 Å². The topological polar surface area (TPSA) is 72.7 Å². The van der Waals surface area contributed by atoms with Gasteiger partial charge in [-0.1, -0.05) is 37.6 Å². The zero-order valence-corrected chi connectivity index (χ0v) is 19.5. The van der Waals surface area contributed by atoms with E-state index in [9.17, 15) is 19.3 Å². The fraction of sp³-hybridized carbons (Fsp3) is 0.296. The van der Waals surface area contributed by atoms with Gasteiger partial charge in [0.1, 0.15) is 11.6 Å². The summed E-state index contributed by atoms with van der Waals surface area (Å²) in [5.41, 5.74) is 2.67. The van der Waals surface area contributed by atoms with E-state index in [2.05, 4.69) is 6.92 Å². The van der Waals surface area contributed by atoms with Crippen LogP contribution in [0.25, 0.3) is 0 Å². The first-order valence-electron chi connectivity index (χ1n) is 11.4. The number of anilines is 1. The van der Waals surface area contributed by atoms with Crippen LogP contribution in [0, 0.1) is 22.9 Å². The van der Waals surface area contributed by atoms with Gasteiger partial charge in [0.25, 0.3) is 5.69 Å². The molecular weight excluding hydrogens is 435 g/mol. The monoisotopic (exact) mass is 464 g/mol. The number of hydrogen-bond acceptors (Lipinski definition) is 4. The highest BCUT2D eigenvalue weighted by Gasteiger charge is 2.19. The molecule has 0 saturated heterocycles. The summed E-state index contributed by atoms with van der Waals surface area (Å²) in [7, 11) is 0. The second kappa shape index (κ2) is 11.9. The molecule has 0 radical (unpaired) electrons. The molecule has 1 amide bonds. The van der Waals surface area contributed by atoms with E-state index in [1.165, 1.54) is 18.2 Å². The number of halogens is 1. The van der Waals surface area contributed by atoms with Crippen LogP contribution in [-0.4, -0.2) is 24.0 Å². The van der Waals surface area contributed by atoms with Crippen molar-refractivity contribution in [3.05, 3.63) is 99.4 Å². The van der Waals surface area contributed by atoms with Gasteiger partial charge in [-0.25, -0.2) is 4.39 Å². The number of ether oxygens (including phenoxy) is 1. The predicted molar refractivity (Wildman–Crippen MR) is 131 cm³/mol. The Bertz CT molecular complexity index is 1130. The Morgan fingerprint density at radius 3 is 2.53 bits per heavy atom. The van der Waals surface area contributed by atoms with Crippen LogP contribution in [0.5, 0.6) is 5.75 Å². The summed E-state index contributed by atoms with van der Waals surface area (Å²) >= 11 is 0. The Morgan fingerprint density at radius 2 is 1.82 bits per heavy atom. The number of benzene rings is 3. The summed E-state index contributed by atoms with van der Waals surface area (Å²) in [6, 6.07) is 18.3. The van der Waals surface area contributed by atoms with Gasteiger partial charge in [-0.2, -0.15) is 0 Å². The van der Waals surface area contributed by atoms with E-state index in [1.54, 1.807) is 36.1 Å². The number of nitro benzene ring substituents is 1. The molecule has 0 unspecified atom stereocenters. The van der Waals surface area contributed by atoms with E-state index in [4.69, 9.17) is 4.74 Å². The summed E-state index contributed by atoms with van der Waals surface area (Å²) in [4.78, 5) is 25.7. The highest BCUT2D eigenvalue weighted by Crippen LogP contribution is 2.22. The van der Waals surface area contributed by atoms with Crippen molar-refractivity contribution in [2.75, 3.05) is 18.1 Å². The maximum Gasteiger partial charge on any atom is 0.272 e. The molecule has 0 saturated carbocycles. The molecule has 34 heavy (non-hydrogen) atoms. The molecule has 0 aliphatic heterocycles. The summed E-state index contributed by atoms with van der Waals surface area (Å²) in [6.07, 6.45) is 2.60. The molecule has 0 heterocycles. The van der Waals surface area contributed by atoms with Crippen LogP contribution < -0.4 is 9.64 Å². The van der Waals surface area contributed by atoms with Crippen LogP contribution in [0.15, 0.2) is 66.7 Å². The van der Waals surface area contributed by atoms with Gasteiger partial charge in [-0.15, -0.1) is 0 Å². The number of carbonyl (C=O) groups is 1. The van der Waals surface area contributed by atoms with E-state index in [0.29, 0.717) is 36.4 Å². The van der Waals surface area contributed by atoms with Gasteiger partial charge in [0.2, 0.25) is 5.91 Å². The van der Waals surface area contributed by atoms with Gasteiger partial charge < -0.3 is 9.64 Å². The third-order valence-corrected chi connectivity index (χ3v) is 5.55. The predicted octanol–water partition coefficient (Wildman–Crippen LogP) is 6.04. The largest absolute Gasteiger partial charge is 0.494 e. The third-order valence-electron chi connectivity index (χ3n) is 5.55. The van der Waals surface area contributed by atoms with Crippen molar-refractivity contribution < 1.29 is 18.8 Å². The second-order valence-corrected chi connectivity index (χ2v) is 8.18. The van der Waals surface area contributed by atoms with Gasteiger partial charge >= 0.3 is 0 Å². The average molecular weight is 465 g/mol. The normalized spacial score (nSPS) is 10.7. The lowest BCUT2D eigenvalue weighted by Gasteiger charge is -2.23. The fourth-order valence-corrected chi connectivity index (χ4v) is 3.62. The number of carbonyl (C=O) groups excluding carboxylic acids is 1. The van der Waals surface area contributed by atoms with E-state index in [1.807, 2.05) is 24.3 Å². The molecular formula is C27H29FN2O4. The molecule has 0 aromatic heterocycles. The van der Waals surface area contributed by atoms with Gasteiger partial charge in [-0.05, 0) is 67.3 Å². The Labute approximate surface area is 199 Å². The van der Waals surface area contributed by atoms with E-state index in [0.717, 1.165) is 24.2 Å². The van der Waals surface area contributed by atoms with Crippen LogP contribution in [-0.2, 0) is 17.6 Å². The third kappa shape index (κ3) is 6.88. The number of aryl methyl sites for hydroxylation is 1.